The Bertz CT molecular complexity index is 324. The first-order chi connectivity index (χ1) is 7.13. The molecule has 1 aromatic carbocycles. The van der Waals surface area contributed by atoms with E-state index in [1.54, 1.807) is 24.3 Å². The largest absolute Gasteiger partial charge is 0.508 e. The van der Waals surface area contributed by atoms with Gasteiger partial charge in [-0.3, -0.25) is 4.79 Å². The minimum absolute atomic E-state index is 0.0532. The van der Waals surface area contributed by atoms with Crippen molar-refractivity contribution in [2.24, 2.45) is 0 Å². The zero-order valence-corrected chi connectivity index (χ0v) is 10.1. The zero-order valence-electron chi connectivity index (χ0n) is 8.53. The van der Waals surface area contributed by atoms with E-state index in [4.69, 9.17) is 5.11 Å². The fourth-order valence-electron chi connectivity index (χ4n) is 1.15. The van der Waals surface area contributed by atoms with Crippen molar-refractivity contribution in [2.45, 2.75) is 24.6 Å². The lowest BCUT2D eigenvalue weighted by Crippen LogP contribution is -2.22. The molecule has 0 aromatic heterocycles. The maximum atomic E-state index is 11.6. The van der Waals surface area contributed by atoms with E-state index in [9.17, 15) is 4.79 Å². The molecule has 1 unspecified atom stereocenters. The van der Waals surface area contributed by atoms with E-state index in [-0.39, 0.29) is 16.5 Å². The van der Waals surface area contributed by atoms with Gasteiger partial charge in [-0.05, 0) is 30.7 Å². The number of alkyl halides is 1. The molecule has 0 heterocycles. The highest BCUT2D eigenvalue weighted by atomic mass is 79.9. The Labute approximate surface area is 97.6 Å². The molecule has 4 heteroatoms. The lowest BCUT2D eigenvalue weighted by molar-refractivity contribution is -0.115. The predicted molar refractivity (Wildman–Crippen MR) is 64.4 cm³/mol. The molecule has 0 aliphatic carbocycles. The summed E-state index contributed by atoms with van der Waals surface area (Å²) in [5.41, 5.74) is 0.693. The summed E-state index contributed by atoms with van der Waals surface area (Å²) < 4.78 is 0. The van der Waals surface area contributed by atoms with Gasteiger partial charge < -0.3 is 10.4 Å². The second-order valence-electron chi connectivity index (χ2n) is 3.29. The number of carbonyl (C=O) groups excluding carboxylic acids is 1. The fraction of sp³-hybridized carbons (Fsp3) is 0.364. The summed E-state index contributed by atoms with van der Waals surface area (Å²) in [4.78, 5) is 11.4. The van der Waals surface area contributed by atoms with Crippen molar-refractivity contribution >= 4 is 27.5 Å². The molecule has 1 rings (SSSR count). The lowest BCUT2D eigenvalue weighted by atomic mass is 10.2. The summed E-state index contributed by atoms with van der Waals surface area (Å²) in [5, 5.41) is 11.8. The molecular weight excluding hydrogens is 258 g/mol. The number of phenols is 1. The van der Waals surface area contributed by atoms with Crippen molar-refractivity contribution in [1.29, 1.82) is 0 Å². The number of phenolic OH excluding ortho intramolecular Hbond substituents is 1. The number of rotatable bonds is 4. The van der Waals surface area contributed by atoms with Crippen molar-refractivity contribution in [3.8, 4) is 5.75 Å². The first kappa shape index (κ1) is 12.0. The van der Waals surface area contributed by atoms with Crippen molar-refractivity contribution in [3.63, 3.8) is 0 Å². The van der Waals surface area contributed by atoms with Crippen molar-refractivity contribution in [2.75, 3.05) is 5.32 Å². The van der Waals surface area contributed by atoms with Crippen LogP contribution >= 0.6 is 15.9 Å². The van der Waals surface area contributed by atoms with Crippen LogP contribution in [0.25, 0.3) is 0 Å². The molecule has 82 valence electrons. The van der Waals surface area contributed by atoms with Gasteiger partial charge in [-0.2, -0.15) is 0 Å². The minimum atomic E-state index is -0.156. The van der Waals surface area contributed by atoms with E-state index in [1.807, 2.05) is 6.92 Å². The minimum Gasteiger partial charge on any atom is -0.508 e. The van der Waals surface area contributed by atoms with Gasteiger partial charge in [-0.25, -0.2) is 0 Å². The standard InChI is InChI=1S/C11H14BrNO2/c1-2-3-10(12)11(15)13-8-4-6-9(14)7-5-8/h4-7,10,14H,2-3H2,1H3,(H,13,15). The van der Waals surface area contributed by atoms with Gasteiger partial charge in [0.2, 0.25) is 5.91 Å². The van der Waals surface area contributed by atoms with Crippen LogP contribution in [0.5, 0.6) is 5.75 Å². The molecule has 0 saturated heterocycles. The van der Waals surface area contributed by atoms with Crippen LogP contribution in [0, 0.1) is 0 Å². The van der Waals surface area contributed by atoms with Crippen molar-refractivity contribution in [1.82, 2.24) is 0 Å². The number of amides is 1. The average Bonchev–Trinajstić information content (AvgIpc) is 2.22. The predicted octanol–water partition coefficient (Wildman–Crippen LogP) is 2.89. The molecule has 0 bridgehead atoms. The Morgan fingerprint density at radius 1 is 1.47 bits per heavy atom. The lowest BCUT2D eigenvalue weighted by Gasteiger charge is -2.09. The highest BCUT2D eigenvalue weighted by Crippen LogP contribution is 2.16. The number of nitrogens with one attached hydrogen (secondary N) is 1. The molecular formula is C11H14BrNO2. The number of carbonyl (C=O) groups is 1. The van der Waals surface area contributed by atoms with Gasteiger partial charge in [-0.15, -0.1) is 0 Å². The second kappa shape index (κ2) is 5.75. The van der Waals surface area contributed by atoms with Crippen LogP contribution in [-0.4, -0.2) is 15.8 Å². The van der Waals surface area contributed by atoms with Crippen LogP contribution in [0.2, 0.25) is 0 Å². The summed E-state index contributed by atoms with van der Waals surface area (Å²) in [6, 6.07) is 6.41. The van der Waals surface area contributed by atoms with E-state index in [0.717, 1.165) is 12.8 Å². The van der Waals surface area contributed by atoms with Crippen LogP contribution in [-0.2, 0) is 4.79 Å². The Kier molecular flexibility index (Phi) is 4.62. The smallest absolute Gasteiger partial charge is 0.238 e. The first-order valence-electron chi connectivity index (χ1n) is 4.87. The van der Waals surface area contributed by atoms with Crippen LogP contribution in [0.15, 0.2) is 24.3 Å². The van der Waals surface area contributed by atoms with E-state index < -0.39 is 0 Å². The van der Waals surface area contributed by atoms with Gasteiger partial charge in [0, 0.05) is 5.69 Å². The van der Waals surface area contributed by atoms with Crippen molar-refractivity contribution in [3.05, 3.63) is 24.3 Å². The Hall–Kier alpha value is -1.03. The third-order valence-electron chi connectivity index (χ3n) is 1.96. The molecule has 0 saturated carbocycles. The molecule has 1 aromatic rings. The average molecular weight is 272 g/mol. The monoisotopic (exact) mass is 271 g/mol. The SMILES string of the molecule is CCCC(Br)C(=O)Nc1ccc(O)cc1. The Balaban J connectivity index is 2.54. The summed E-state index contributed by atoms with van der Waals surface area (Å²) in [5.74, 6) is 0.138. The molecule has 0 fully saturated rings. The Morgan fingerprint density at radius 3 is 2.60 bits per heavy atom. The molecule has 0 radical (unpaired) electrons. The number of hydrogen-bond donors (Lipinski definition) is 2. The fourth-order valence-corrected chi connectivity index (χ4v) is 1.72. The third-order valence-corrected chi connectivity index (χ3v) is 2.84. The molecule has 0 aliphatic rings. The number of anilines is 1. The number of aromatic hydroxyl groups is 1. The molecule has 3 nitrogen and oxygen atoms in total. The van der Waals surface area contributed by atoms with Gasteiger partial charge in [0.05, 0.1) is 4.83 Å². The van der Waals surface area contributed by atoms with Gasteiger partial charge in [0.1, 0.15) is 5.75 Å². The van der Waals surface area contributed by atoms with Gasteiger partial charge in [0.25, 0.3) is 0 Å². The zero-order chi connectivity index (χ0) is 11.3. The number of benzene rings is 1. The van der Waals surface area contributed by atoms with Gasteiger partial charge in [0.15, 0.2) is 0 Å². The van der Waals surface area contributed by atoms with Gasteiger partial charge >= 0.3 is 0 Å². The number of halogens is 1. The number of hydrogen-bond acceptors (Lipinski definition) is 2. The van der Waals surface area contributed by atoms with Crippen LogP contribution < -0.4 is 5.32 Å². The Morgan fingerprint density at radius 2 is 2.07 bits per heavy atom. The maximum absolute atomic E-state index is 11.6. The third kappa shape index (κ3) is 3.91. The van der Waals surface area contributed by atoms with Crippen LogP contribution in [0.3, 0.4) is 0 Å². The van der Waals surface area contributed by atoms with Gasteiger partial charge in [-0.1, -0.05) is 29.3 Å². The summed E-state index contributed by atoms with van der Waals surface area (Å²) in [6.45, 7) is 2.03. The summed E-state index contributed by atoms with van der Waals surface area (Å²) >= 11 is 3.31. The maximum Gasteiger partial charge on any atom is 0.238 e. The van der Waals surface area contributed by atoms with Crippen molar-refractivity contribution < 1.29 is 9.90 Å². The topological polar surface area (TPSA) is 49.3 Å². The molecule has 2 N–H and O–H groups in total. The van der Waals surface area contributed by atoms with E-state index in [1.165, 1.54) is 0 Å². The highest BCUT2D eigenvalue weighted by molar-refractivity contribution is 9.10. The van der Waals surface area contributed by atoms with E-state index in [0.29, 0.717) is 5.69 Å². The normalized spacial score (nSPS) is 12.1. The molecule has 15 heavy (non-hydrogen) atoms. The van der Waals surface area contributed by atoms with Crippen LogP contribution in [0.1, 0.15) is 19.8 Å². The first-order valence-corrected chi connectivity index (χ1v) is 5.79. The van der Waals surface area contributed by atoms with Crippen LogP contribution in [0.4, 0.5) is 5.69 Å². The second-order valence-corrected chi connectivity index (χ2v) is 4.40. The van der Waals surface area contributed by atoms with E-state index >= 15 is 0 Å². The molecule has 1 amide bonds. The molecule has 0 aliphatic heterocycles. The molecule has 0 spiro atoms. The molecule has 1 atom stereocenters. The van der Waals surface area contributed by atoms with E-state index in [2.05, 4.69) is 21.2 Å². The highest BCUT2D eigenvalue weighted by Gasteiger charge is 2.13. The summed E-state index contributed by atoms with van der Waals surface area (Å²) in [7, 11) is 0. The quantitative estimate of drug-likeness (QED) is 0.654. The summed E-state index contributed by atoms with van der Waals surface area (Å²) in [6.07, 6.45) is 1.77.